The monoisotopic (exact) mass is 316 g/mol. The Hall–Kier alpha value is -1.88. The molecule has 0 saturated carbocycles. The number of aryl methyl sites for hydroxylation is 1. The highest BCUT2D eigenvalue weighted by atomic mass is 16.5. The van der Waals surface area contributed by atoms with Crippen LogP contribution in [0, 0.1) is 5.41 Å². The molecule has 0 spiro atoms. The second-order valence-corrected chi connectivity index (χ2v) is 6.62. The molecule has 0 aromatic heterocycles. The summed E-state index contributed by atoms with van der Waals surface area (Å²) in [5, 5.41) is 2.99. The van der Waals surface area contributed by atoms with Gasteiger partial charge in [-0.05, 0) is 43.2 Å². The number of primary amides is 1. The first kappa shape index (κ1) is 16.0. The van der Waals surface area contributed by atoms with Crippen LogP contribution >= 0.6 is 0 Å². The van der Waals surface area contributed by atoms with Gasteiger partial charge in [-0.1, -0.05) is 24.3 Å². The molecule has 5 nitrogen and oxygen atoms in total. The average Bonchev–Trinajstić information content (AvgIpc) is 2.60. The molecule has 1 atom stereocenters. The summed E-state index contributed by atoms with van der Waals surface area (Å²) < 4.78 is 5.32. The third kappa shape index (κ3) is 3.24. The van der Waals surface area contributed by atoms with E-state index in [0.717, 1.165) is 24.8 Å². The molecular formula is C18H24N2O3. The van der Waals surface area contributed by atoms with E-state index in [4.69, 9.17) is 10.5 Å². The van der Waals surface area contributed by atoms with Crippen molar-refractivity contribution >= 4 is 11.8 Å². The van der Waals surface area contributed by atoms with Crippen LogP contribution in [0.4, 0.5) is 0 Å². The van der Waals surface area contributed by atoms with Crippen LogP contribution in [-0.2, 0) is 20.7 Å². The minimum Gasteiger partial charge on any atom is -0.381 e. The number of carbonyl (C=O) groups excluding carboxylic acids is 2. The molecule has 1 saturated heterocycles. The summed E-state index contributed by atoms with van der Waals surface area (Å²) in [5.41, 5.74) is 7.31. The lowest BCUT2D eigenvalue weighted by Crippen LogP contribution is -2.50. The zero-order chi connectivity index (χ0) is 16.3. The Morgan fingerprint density at radius 3 is 2.74 bits per heavy atom. The number of ether oxygens (including phenoxy) is 1. The van der Waals surface area contributed by atoms with E-state index in [2.05, 4.69) is 11.4 Å². The molecule has 3 rings (SSSR count). The molecule has 0 bridgehead atoms. The molecule has 5 heteroatoms. The van der Waals surface area contributed by atoms with Gasteiger partial charge in [-0.3, -0.25) is 9.59 Å². The summed E-state index contributed by atoms with van der Waals surface area (Å²) >= 11 is 0. The van der Waals surface area contributed by atoms with Crippen LogP contribution in [0.3, 0.4) is 0 Å². The van der Waals surface area contributed by atoms with Crippen molar-refractivity contribution in [3.8, 4) is 0 Å². The predicted octanol–water partition coefficient (Wildman–Crippen LogP) is 1.50. The van der Waals surface area contributed by atoms with Gasteiger partial charge in [-0.15, -0.1) is 0 Å². The molecule has 0 unspecified atom stereocenters. The Labute approximate surface area is 136 Å². The van der Waals surface area contributed by atoms with Gasteiger partial charge in [0.15, 0.2) is 0 Å². The number of nitrogens with two attached hydrogens (primary N) is 1. The Bertz CT molecular complexity index is 594. The molecule has 2 aliphatic rings. The molecule has 1 aromatic rings. The van der Waals surface area contributed by atoms with E-state index in [9.17, 15) is 9.59 Å². The number of nitrogens with one attached hydrogen (secondary N) is 1. The Morgan fingerprint density at radius 2 is 2.00 bits per heavy atom. The van der Waals surface area contributed by atoms with Gasteiger partial charge in [-0.2, -0.15) is 0 Å². The molecule has 3 N–H and O–H groups in total. The van der Waals surface area contributed by atoms with Gasteiger partial charge < -0.3 is 15.8 Å². The highest BCUT2D eigenvalue weighted by molar-refractivity contribution is 5.86. The number of amides is 2. The van der Waals surface area contributed by atoms with E-state index in [1.807, 2.05) is 18.2 Å². The van der Waals surface area contributed by atoms with Gasteiger partial charge in [0.25, 0.3) is 0 Å². The molecule has 0 radical (unpaired) electrons. The summed E-state index contributed by atoms with van der Waals surface area (Å²) in [5.74, 6) is -0.459. The van der Waals surface area contributed by atoms with Gasteiger partial charge in [0.1, 0.15) is 0 Å². The third-order valence-electron chi connectivity index (χ3n) is 5.26. The number of carbonyl (C=O) groups is 2. The third-order valence-corrected chi connectivity index (χ3v) is 5.26. The number of fused-ring (bicyclic) bond motifs is 1. The largest absolute Gasteiger partial charge is 0.381 e. The molecule has 1 fully saturated rings. The van der Waals surface area contributed by atoms with E-state index >= 15 is 0 Å². The lowest BCUT2D eigenvalue weighted by Gasteiger charge is -2.35. The smallest absolute Gasteiger partial charge is 0.227 e. The summed E-state index contributed by atoms with van der Waals surface area (Å²) in [4.78, 5) is 24.6. The lowest BCUT2D eigenvalue weighted by atomic mass is 9.78. The SMILES string of the molecule is NC(=O)C1(CNC(=O)[C@@H]2CCCc3ccccc32)CCOCC1. The van der Waals surface area contributed by atoms with E-state index in [-0.39, 0.29) is 17.7 Å². The number of benzene rings is 1. The molecule has 1 aliphatic carbocycles. The maximum Gasteiger partial charge on any atom is 0.227 e. The van der Waals surface area contributed by atoms with Crippen molar-refractivity contribution in [2.24, 2.45) is 11.1 Å². The van der Waals surface area contributed by atoms with E-state index < -0.39 is 5.41 Å². The number of hydrogen-bond donors (Lipinski definition) is 2. The zero-order valence-electron chi connectivity index (χ0n) is 13.3. The first-order valence-electron chi connectivity index (χ1n) is 8.35. The first-order chi connectivity index (χ1) is 11.1. The van der Waals surface area contributed by atoms with Crippen molar-refractivity contribution in [1.82, 2.24) is 5.32 Å². The first-order valence-corrected chi connectivity index (χ1v) is 8.35. The van der Waals surface area contributed by atoms with Gasteiger partial charge in [-0.25, -0.2) is 0 Å². The fourth-order valence-electron chi connectivity index (χ4n) is 3.68. The van der Waals surface area contributed by atoms with Crippen LogP contribution in [0.5, 0.6) is 0 Å². The maximum absolute atomic E-state index is 12.7. The second-order valence-electron chi connectivity index (χ2n) is 6.62. The zero-order valence-corrected chi connectivity index (χ0v) is 13.3. The van der Waals surface area contributed by atoms with Crippen molar-refractivity contribution in [2.75, 3.05) is 19.8 Å². The molecule has 1 aromatic carbocycles. The molecule has 1 heterocycles. The van der Waals surface area contributed by atoms with Crippen molar-refractivity contribution in [3.05, 3.63) is 35.4 Å². The Balaban J connectivity index is 1.69. The molecule has 124 valence electrons. The fourth-order valence-corrected chi connectivity index (χ4v) is 3.68. The van der Waals surface area contributed by atoms with Gasteiger partial charge in [0, 0.05) is 19.8 Å². The summed E-state index contributed by atoms with van der Waals surface area (Å²) in [7, 11) is 0. The minimum absolute atomic E-state index is 0.00395. The summed E-state index contributed by atoms with van der Waals surface area (Å²) in [6.07, 6.45) is 4.05. The quantitative estimate of drug-likeness (QED) is 0.883. The molecule has 1 aliphatic heterocycles. The van der Waals surface area contributed by atoms with Crippen molar-refractivity contribution in [3.63, 3.8) is 0 Å². The van der Waals surface area contributed by atoms with Crippen LogP contribution < -0.4 is 11.1 Å². The maximum atomic E-state index is 12.7. The van der Waals surface area contributed by atoms with E-state index in [1.165, 1.54) is 5.56 Å². The highest BCUT2D eigenvalue weighted by Gasteiger charge is 2.39. The van der Waals surface area contributed by atoms with Gasteiger partial charge in [0.2, 0.25) is 11.8 Å². The average molecular weight is 316 g/mol. The molecule has 2 amide bonds. The van der Waals surface area contributed by atoms with Crippen molar-refractivity contribution in [1.29, 1.82) is 0 Å². The van der Waals surface area contributed by atoms with Crippen molar-refractivity contribution < 1.29 is 14.3 Å². The number of rotatable bonds is 4. The predicted molar refractivity (Wildman–Crippen MR) is 86.8 cm³/mol. The molecular weight excluding hydrogens is 292 g/mol. The summed E-state index contributed by atoms with van der Waals surface area (Å²) in [6.45, 7) is 1.35. The Kier molecular flexibility index (Phi) is 4.66. The standard InChI is InChI=1S/C18H24N2O3/c19-17(22)18(8-10-23-11-9-18)12-20-16(21)15-7-3-5-13-4-1-2-6-14(13)15/h1-2,4,6,15H,3,5,7-12H2,(H2,19,22)(H,20,21)/t15-/m1/s1. The van der Waals surface area contributed by atoms with Crippen molar-refractivity contribution in [2.45, 2.75) is 38.0 Å². The normalized spacial score (nSPS) is 22.9. The number of hydrogen-bond acceptors (Lipinski definition) is 3. The van der Waals surface area contributed by atoms with Gasteiger partial charge >= 0.3 is 0 Å². The van der Waals surface area contributed by atoms with Crippen LogP contribution in [0.2, 0.25) is 0 Å². The summed E-state index contributed by atoms with van der Waals surface area (Å²) in [6, 6.07) is 8.13. The van der Waals surface area contributed by atoms with Crippen LogP contribution in [-0.4, -0.2) is 31.6 Å². The second kappa shape index (κ2) is 6.71. The van der Waals surface area contributed by atoms with E-state index in [1.54, 1.807) is 0 Å². The van der Waals surface area contributed by atoms with Crippen LogP contribution in [0.1, 0.15) is 42.7 Å². The van der Waals surface area contributed by atoms with Gasteiger partial charge in [0.05, 0.1) is 11.3 Å². The lowest BCUT2D eigenvalue weighted by molar-refractivity contribution is -0.134. The highest BCUT2D eigenvalue weighted by Crippen LogP contribution is 2.33. The van der Waals surface area contributed by atoms with Crippen LogP contribution in [0.15, 0.2) is 24.3 Å². The minimum atomic E-state index is -0.665. The fraction of sp³-hybridized carbons (Fsp3) is 0.556. The Morgan fingerprint density at radius 1 is 1.26 bits per heavy atom. The topological polar surface area (TPSA) is 81.4 Å². The molecule has 23 heavy (non-hydrogen) atoms. The van der Waals surface area contributed by atoms with E-state index in [0.29, 0.717) is 32.6 Å². The van der Waals surface area contributed by atoms with Crippen LogP contribution in [0.25, 0.3) is 0 Å².